The fourth-order valence-corrected chi connectivity index (χ4v) is 2.60. The first kappa shape index (κ1) is 16.5. The maximum Gasteiger partial charge on any atom is 0.241 e. The molecule has 1 aromatic heterocycles. The summed E-state index contributed by atoms with van der Waals surface area (Å²) < 4.78 is 0. The molecule has 1 aliphatic rings. The first-order valence-electron chi connectivity index (χ1n) is 7.79. The minimum absolute atomic E-state index is 0.0185. The van der Waals surface area contributed by atoms with E-state index in [4.69, 9.17) is 5.73 Å². The molecule has 22 heavy (non-hydrogen) atoms. The lowest BCUT2D eigenvalue weighted by Gasteiger charge is -2.31. The Kier molecular flexibility index (Phi) is 5.54. The van der Waals surface area contributed by atoms with Crippen molar-refractivity contribution in [2.75, 3.05) is 19.6 Å². The highest BCUT2D eigenvalue weighted by atomic mass is 16.2. The van der Waals surface area contributed by atoms with Crippen LogP contribution in [0.3, 0.4) is 0 Å². The topological polar surface area (TPSA) is 104 Å². The Labute approximate surface area is 130 Å². The van der Waals surface area contributed by atoms with Gasteiger partial charge in [-0.2, -0.15) is 0 Å². The summed E-state index contributed by atoms with van der Waals surface area (Å²) in [5.41, 5.74) is 5.75. The van der Waals surface area contributed by atoms with E-state index in [1.807, 2.05) is 20.0 Å². The standard InChI is InChI=1S/C15H25N5O2/c1-10(2)13(16)15(22)19-9-12(21)20-7-3-11(4-8-20)14-17-5-6-18-14/h5-6,10-11,13H,3-4,7-9,16H2,1-2H3,(H,17,18)(H,19,22)/t13-/m0/s1. The molecular weight excluding hydrogens is 282 g/mol. The van der Waals surface area contributed by atoms with Crippen molar-refractivity contribution in [2.24, 2.45) is 11.7 Å². The number of hydrogen-bond donors (Lipinski definition) is 3. The Bertz CT molecular complexity index is 492. The zero-order valence-electron chi connectivity index (χ0n) is 13.2. The number of hydrogen-bond acceptors (Lipinski definition) is 4. The number of carbonyl (C=O) groups is 2. The van der Waals surface area contributed by atoms with Crippen molar-refractivity contribution in [3.05, 3.63) is 18.2 Å². The Morgan fingerprint density at radius 2 is 2.14 bits per heavy atom. The van der Waals surface area contributed by atoms with Crippen LogP contribution >= 0.6 is 0 Å². The highest BCUT2D eigenvalue weighted by molar-refractivity contribution is 5.87. The molecule has 2 amide bonds. The number of rotatable bonds is 5. The van der Waals surface area contributed by atoms with Crippen LogP contribution in [0.15, 0.2) is 12.4 Å². The van der Waals surface area contributed by atoms with Crippen LogP contribution in [0.2, 0.25) is 0 Å². The highest BCUT2D eigenvalue weighted by Gasteiger charge is 2.25. The molecule has 7 nitrogen and oxygen atoms in total. The van der Waals surface area contributed by atoms with Crippen molar-refractivity contribution >= 4 is 11.8 Å². The summed E-state index contributed by atoms with van der Waals surface area (Å²) in [4.78, 5) is 33.1. The number of H-pyrrole nitrogens is 1. The molecule has 0 saturated carbocycles. The van der Waals surface area contributed by atoms with Crippen molar-refractivity contribution in [3.8, 4) is 0 Å². The number of nitrogens with two attached hydrogens (primary N) is 1. The number of nitrogens with zero attached hydrogens (tertiary/aromatic N) is 2. The molecule has 0 aliphatic carbocycles. The SMILES string of the molecule is CC(C)[C@H](N)C(=O)NCC(=O)N1CCC(c2ncc[nH]2)CC1. The monoisotopic (exact) mass is 307 g/mol. The molecule has 2 rings (SSSR count). The average molecular weight is 307 g/mol. The lowest BCUT2D eigenvalue weighted by atomic mass is 9.96. The van der Waals surface area contributed by atoms with Gasteiger partial charge in [-0.3, -0.25) is 9.59 Å². The number of imidazole rings is 1. The van der Waals surface area contributed by atoms with Crippen LogP contribution in [-0.2, 0) is 9.59 Å². The van der Waals surface area contributed by atoms with Gasteiger partial charge in [0, 0.05) is 31.4 Å². The zero-order chi connectivity index (χ0) is 16.1. The van der Waals surface area contributed by atoms with Gasteiger partial charge in [0.15, 0.2) is 0 Å². The first-order chi connectivity index (χ1) is 10.5. The summed E-state index contributed by atoms with van der Waals surface area (Å²) in [6, 6.07) is -0.572. The minimum Gasteiger partial charge on any atom is -0.348 e. The molecule has 0 aromatic carbocycles. The van der Waals surface area contributed by atoms with Crippen LogP contribution in [0, 0.1) is 5.92 Å². The molecule has 2 heterocycles. The van der Waals surface area contributed by atoms with Gasteiger partial charge in [0.1, 0.15) is 5.82 Å². The summed E-state index contributed by atoms with van der Waals surface area (Å²) in [7, 11) is 0. The Balaban J connectivity index is 1.74. The second-order valence-electron chi connectivity index (χ2n) is 6.12. The van der Waals surface area contributed by atoms with E-state index < -0.39 is 6.04 Å². The molecule has 0 radical (unpaired) electrons. The second kappa shape index (κ2) is 7.40. The third-order valence-corrected chi connectivity index (χ3v) is 4.19. The van der Waals surface area contributed by atoms with E-state index in [1.165, 1.54) is 0 Å². The van der Waals surface area contributed by atoms with E-state index in [9.17, 15) is 9.59 Å². The van der Waals surface area contributed by atoms with Crippen LogP contribution in [0.5, 0.6) is 0 Å². The van der Waals surface area contributed by atoms with E-state index in [1.54, 1.807) is 11.1 Å². The van der Waals surface area contributed by atoms with E-state index in [-0.39, 0.29) is 24.3 Å². The maximum atomic E-state index is 12.1. The van der Waals surface area contributed by atoms with Gasteiger partial charge >= 0.3 is 0 Å². The number of piperidine rings is 1. The number of carbonyl (C=O) groups excluding carboxylic acids is 2. The van der Waals surface area contributed by atoms with Crippen LogP contribution in [0.1, 0.15) is 38.4 Å². The second-order valence-corrected chi connectivity index (χ2v) is 6.12. The van der Waals surface area contributed by atoms with Crippen LogP contribution in [0.25, 0.3) is 0 Å². The van der Waals surface area contributed by atoms with Gasteiger partial charge in [0.25, 0.3) is 0 Å². The minimum atomic E-state index is -0.572. The molecule has 1 atom stereocenters. The smallest absolute Gasteiger partial charge is 0.241 e. The number of aromatic amines is 1. The van der Waals surface area contributed by atoms with Crippen LogP contribution in [0.4, 0.5) is 0 Å². The third-order valence-electron chi connectivity index (χ3n) is 4.19. The summed E-state index contributed by atoms with van der Waals surface area (Å²) in [5, 5.41) is 2.63. The van der Waals surface area contributed by atoms with Crippen molar-refractivity contribution < 1.29 is 9.59 Å². The molecule has 0 spiro atoms. The molecule has 4 N–H and O–H groups in total. The normalized spacial score (nSPS) is 17.5. The molecule has 1 aromatic rings. The predicted octanol–water partition coefficient (Wildman–Crippen LogP) is 0.215. The van der Waals surface area contributed by atoms with E-state index in [0.29, 0.717) is 19.0 Å². The third kappa shape index (κ3) is 4.07. The maximum absolute atomic E-state index is 12.1. The van der Waals surface area contributed by atoms with Gasteiger partial charge in [-0.05, 0) is 18.8 Å². The van der Waals surface area contributed by atoms with Crippen molar-refractivity contribution in [3.63, 3.8) is 0 Å². The molecular formula is C15H25N5O2. The molecule has 7 heteroatoms. The number of amides is 2. The van der Waals surface area contributed by atoms with Crippen molar-refractivity contribution in [2.45, 2.75) is 38.6 Å². The van der Waals surface area contributed by atoms with Gasteiger partial charge in [-0.1, -0.05) is 13.8 Å². The average Bonchev–Trinajstić information content (AvgIpc) is 3.06. The van der Waals surface area contributed by atoms with Gasteiger partial charge in [-0.15, -0.1) is 0 Å². The quantitative estimate of drug-likeness (QED) is 0.723. The Morgan fingerprint density at radius 3 is 2.68 bits per heavy atom. The summed E-state index contributed by atoms with van der Waals surface area (Å²) >= 11 is 0. The molecule has 1 saturated heterocycles. The fourth-order valence-electron chi connectivity index (χ4n) is 2.60. The van der Waals surface area contributed by atoms with Gasteiger partial charge in [-0.25, -0.2) is 4.98 Å². The molecule has 122 valence electrons. The van der Waals surface area contributed by atoms with E-state index in [2.05, 4.69) is 15.3 Å². The first-order valence-corrected chi connectivity index (χ1v) is 7.79. The lowest BCUT2D eigenvalue weighted by molar-refractivity contribution is -0.134. The largest absolute Gasteiger partial charge is 0.348 e. The zero-order valence-corrected chi connectivity index (χ0v) is 13.2. The number of nitrogens with one attached hydrogen (secondary N) is 2. The summed E-state index contributed by atoms with van der Waals surface area (Å²) in [5.74, 6) is 1.10. The predicted molar refractivity (Wildman–Crippen MR) is 83.0 cm³/mol. The number of likely N-dealkylation sites (tertiary alicyclic amines) is 1. The fraction of sp³-hybridized carbons (Fsp3) is 0.667. The van der Waals surface area contributed by atoms with E-state index >= 15 is 0 Å². The molecule has 0 bridgehead atoms. The van der Waals surface area contributed by atoms with E-state index in [0.717, 1.165) is 18.7 Å². The number of aromatic nitrogens is 2. The molecule has 1 aliphatic heterocycles. The molecule has 0 unspecified atom stereocenters. The van der Waals surface area contributed by atoms with Gasteiger partial charge in [0.2, 0.25) is 11.8 Å². The van der Waals surface area contributed by atoms with Gasteiger partial charge in [0.05, 0.1) is 12.6 Å². The summed E-state index contributed by atoms with van der Waals surface area (Å²) in [6.45, 7) is 5.16. The lowest BCUT2D eigenvalue weighted by Crippen LogP contribution is -2.49. The Morgan fingerprint density at radius 1 is 1.45 bits per heavy atom. The Hall–Kier alpha value is -1.89. The van der Waals surface area contributed by atoms with Crippen molar-refractivity contribution in [1.82, 2.24) is 20.2 Å². The molecule has 1 fully saturated rings. The van der Waals surface area contributed by atoms with Crippen LogP contribution < -0.4 is 11.1 Å². The van der Waals surface area contributed by atoms with Gasteiger partial charge < -0.3 is 20.9 Å². The summed E-state index contributed by atoms with van der Waals surface area (Å²) in [6.07, 6.45) is 5.35. The highest BCUT2D eigenvalue weighted by Crippen LogP contribution is 2.25. The van der Waals surface area contributed by atoms with Crippen molar-refractivity contribution in [1.29, 1.82) is 0 Å². The van der Waals surface area contributed by atoms with Crippen LogP contribution in [-0.4, -0.2) is 52.4 Å².